The van der Waals surface area contributed by atoms with Crippen LogP contribution in [0.4, 0.5) is 5.95 Å². The molecule has 3 aromatic heterocycles. The molecule has 1 aromatic carbocycles. The van der Waals surface area contributed by atoms with E-state index in [-0.39, 0.29) is 15.6 Å². The van der Waals surface area contributed by atoms with E-state index in [1.54, 1.807) is 67.9 Å². The lowest BCUT2D eigenvalue weighted by Gasteiger charge is -2.10. The van der Waals surface area contributed by atoms with Crippen LogP contribution in [-0.2, 0) is 16.3 Å². The Kier molecular flexibility index (Phi) is 5.51. The standard InChI is InChI=1S/C22H21N5O3S/c1-26(2)22-24-13-19(14-25-22)31(29,30)18-7-3-16(4-8-18)5-9-20(28)17-6-10-21-23-11-12-27(21)15-17/h3-4,6-8,10-15H,5,9H2,1-2H3. The third-order valence-electron chi connectivity index (χ3n) is 4.91. The van der Waals surface area contributed by atoms with Gasteiger partial charge in [-0.15, -0.1) is 0 Å². The second kappa shape index (κ2) is 8.27. The van der Waals surface area contributed by atoms with Crippen LogP contribution in [0.1, 0.15) is 22.3 Å². The third-order valence-corrected chi connectivity index (χ3v) is 6.63. The van der Waals surface area contributed by atoms with E-state index in [1.807, 2.05) is 10.5 Å². The van der Waals surface area contributed by atoms with Crippen molar-refractivity contribution >= 4 is 27.2 Å². The molecule has 0 aliphatic carbocycles. The second-order valence-electron chi connectivity index (χ2n) is 7.29. The molecule has 0 amide bonds. The van der Waals surface area contributed by atoms with Crippen LogP contribution in [0.5, 0.6) is 0 Å². The number of benzene rings is 1. The predicted octanol–water partition coefficient (Wildman–Crippen LogP) is 2.84. The fraction of sp³-hybridized carbons (Fsp3) is 0.182. The lowest BCUT2D eigenvalue weighted by Crippen LogP contribution is -2.13. The summed E-state index contributed by atoms with van der Waals surface area (Å²) in [7, 11) is -0.145. The summed E-state index contributed by atoms with van der Waals surface area (Å²) in [6.07, 6.45) is 8.70. The number of hydrogen-bond acceptors (Lipinski definition) is 7. The first kappa shape index (κ1) is 20.7. The van der Waals surface area contributed by atoms with Gasteiger partial charge in [0.1, 0.15) is 10.5 Å². The molecule has 0 aliphatic rings. The summed E-state index contributed by atoms with van der Waals surface area (Å²) in [5, 5.41) is 0. The van der Waals surface area contributed by atoms with Crippen LogP contribution in [-0.4, -0.2) is 47.6 Å². The number of hydrogen-bond donors (Lipinski definition) is 0. The summed E-state index contributed by atoms with van der Waals surface area (Å²) in [5.74, 6) is 0.455. The van der Waals surface area contributed by atoms with Gasteiger partial charge in [-0.2, -0.15) is 0 Å². The van der Waals surface area contributed by atoms with Gasteiger partial charge in [0.25, 0.3) is 0 Å². The number of carbonyl (C=O) groups excluding carboxylic acids is 1. The minimum absolute atomic E-state index is 0.0189. The Hall–Kier alpha value is -3.59. The Morgan fingerprint density at radius 2 is 1.68 bits per heavy atom. The molecule has 3 heterocycles. The van der Waals surface area contributed by atoms with Crippen LogP contribution in [0.2, 0.25) is 0 Å². The van der Waals surface area contributed by atoms with Gasteiger partial charge in [0, 0.05) is 44.7 Å². The quantitative estimate of drug-likeness (QED) is 0.412. The van der Waals surface area contributed by atoms with Crippen molar-refractivity contribution < 1.29 is 13.2 Å². The first-order chi connectivity index (χ1) is 14.8. The Labute approximate surface area is 180 Å². The summed E-state index contributed by atoms with van der Waals surface area (Å²) in [4.78, 5) is 26.7. The lowest BCUT2D eigenvalue weighted by molar-refractivity contribution is 0.0982. The van der Waals surface area contributed by atoms with Crippen molar-refractivity contribution in [2.24, 2.45) is 0 Å². The van der Waals surface area contributed by atoms with E-state index in [4.69, 9.17) is 0 Å². The highest BCUT2D eigenvalue weighted by Crippen LogP contribution is 2.21. The van der Waals surface area contributed by atoms with Gasteiger partial charge in [-0.05, 0) is 36.2 Å². The smallest absolute Gasteiger partial charge is 0.224 e. The van der Waals surface area contributed by atoms with Crippen molar-refractivity contribution in [2.75, 3.05) is 19.0 Å². The highest BCUT2D eigenvalue weighted by Gasteiger charge is 2.19. The third kappa shape index (κ3) is 4.31. The van der Waals surface area contributed by atoms with Gasteiger partial charge in [0.2, 0.25) is 15.8 Å². The number of imidazole rings is 1. The maximum atomic E-state index is 12.8. The Bertz CT molecular complexity index is 1330. The molecule has 9 heteroatoms. The summed E-state index contributed by atoms with van der Waals surface area (Å²) < 4.78 is 27.4. The van der Waals surface area contributed by atoms with Crippen LogP contribution in [0, 0.1) is 0 Å². The van der Waals surface area contributed by atoms with Crippen molar-refractivity contribution in [1.82, 2.24) is 19.4 Å². The molecular formula is C22H21N5O3S. The Morgan fingerprint density at radius 1 is 0.968 bits per heavy atom. The zero-order valence-electron chi connectivity index (χ0n) is 17.1. The molecule has 31 heavy (non-hydrogen) atoms. The molecule has 0 fully saturated rings. The van der Waals surface area contributed by atoms with E-state index in [2.05, 4.69) is 15.0 Å². The molecule has 4 aromatic rings. The van der Waals surface area contributed by atoms with Gasteiger partial charge in [0.05, 0.1) is 17.3 Å². The largest absolute Gasteiger partial charge is 0.347 e. The maximum Gasteiger partial charge on any atom is 0.224 e. The molecule has 8 nitrogen and oxygen atoms in total. The predicted molar refractivity (Wildman–Crippen MR) is 116 cm³/mol. The molecule has 0 saturated heterocycles. The molecule has 0 N–H and O–H groups in total. The number of sulfone groups is 1. The van der Waals surface area contributed by atoms with Crippen molar-refractivity contribution in [3.05, 3.63) is 78.5 Å². The van der Waals surface area contributed by atoms with Gasteiger partial charge in [0.15, 0.2) is 5.78 Å². The fourth-order valence-electron chi connectivity index (χ4n) is 3.14. The average Bonchev–Trinajstić information content (AvgIpc) is 3.25. The second-order valence-corrected chi connectivity index (χ2v) is 9.24. The van der Waals surface area contributed by atoms with E-state index < -0.39 is 9.84 Å². The first-order valence-electron chi connectivity index (χ1n) is 9.64. The molecule has 4 rings (SSSR count). The Morgan fingerprint density at radius 3 is 2.35 bits per heavy atom. The summed E-state index contributed by atoms with van der Waals surface area (Å²) in [6.45, 7) is 0. The number of aromatic nitrogens is 4. The van der Waals surface area contributed by atoms with Gasteiger partial charge >= 0.3 is 0 Å². The number of fused-ring (bicyclic) bond motifs is 1. The van der Waals surface area contributed by atoms with Gasteiger partial charge in [-0.1, -0.05) is 12.1 Å². The summed E-state index contributed by atoms with van der Waals surface area (Å²) in [6, 6.07) is 10.1. The van der Waals surface area contributed by atoms with E-state index in [0.29, 0.717) is 24.4 Å². The molecule has 0 unspecified atom stereocenters. The molecule has 0 radical (unpaired) electrons. The normalized spacial score (nSPS) is 11.5. The molecule has 0 saturated carbocycles. The van der Waals surface area contributed by atoms with Crippen LogP contribution >= 0.6 is 0 Å². The van der Waals surface area contributed by atoms with Gasteiger partial charge in [-0.3, -0.25) is 4.79 Å². The molecule has 0 spiro atoms. The number of aryl methyl sites for hydroxylation is 1. The highest BCUT2D eigenvalue weighted by molar-refractivity contribution is 7.91. The maximum absolute atomic E-state index is 12.8. The monoisotopic (exact) mass is 435 g/mol. The van der Waals surface area contributed by atoms with Crippen LogP contribution < -0.4 is 4.90 Å². The van der Waals surface area contributed by atoms with E-state index >= 15 is 0 Å². The Balaban J connectivity index is 1.44. The van der Waals surface area contributed by atoms with Gasteiger partial charge < -0.3 is 9.30 Å². The van der Waals surface area contributed by atoms with E-state index in [0.717, 1.165) is 11.2 Å². The fourth-order valence-corrected chi connectivity index (χ4v) is 4.29. The van der Waals surface area contributed by atoms with Crippen molar-refractivity contribution in [2.45, 2.75) is 22.6 Å². The number of Topliss-reactive ketones (excluding diaryl/α,β-unsaturated/α-hetero) is 1. The number of anilines is 1. The van der Waals surface area contributed by atoms with Crippen molar-refractivity contribution in [3.8, 4) is 0 Å². The highest BCUT2D eigenvalue weighted by atomic mass is 32.2. The van der Waals surface area contributed by atoms with Crippen LogP contribution in [0.3, 0.4) is 0 Å². The summed E-state index contributed by atoms with van der Waals surface area (Å²) in [5.41, 5.74) is 2.29. The van der Waals surface area contributed by atoms with Crippen LogP contribution in [0.25, 0.3) is 5.65 Å². The lowest BCUT2D eigenvalue weighted by atomic mass is 10.0. The zero-order valence-corrected chi connectivity index (χ0v) is 18.0. The number of ketones is 1. The van der Waals surface area contributed by atoms with Gasteiger partial charge in [-0.25, -0.2) is 23.4 Å². The molecular weight excluding hydrogens is 414 g/mol. The molecule has 0 atom stereocenters. The molecule has 0 bridgehead atoms. The van der Waals surface area contributed by atoms with E-state index in [1.165, 1.54) is 12.4 Å². The summed E-state index contributed by atoms with van der Waals surface area (Å²) >= 11 is 0. The molecule has 0 aliphatic heterocycles. The van der Waals surface area contributed by atoms with E-state index in [9.17, 15) is 13.2 Å². The van der Waals surface area contributed by atoms with Crippen LogP contribution in [0.15, 0.2) is 77.2 Å². The molecule has 158 valence electrons. The topological polar surface area (TPSA) is 97.5 Å². The van der Waals surface area contributed by atoms with Crippen molar-refractivity contribution in [1.29, 1.82) is 0 Å². The SMILES string of the molecule is CN(C)c1ncc(S(=O)(=O)c2ccc(CCC(=O)c3ccc4nccn4c3)cc2)cn1. The zero-order chi connectivity index (χ0) is 22.0. The van der Waals surface area contributed by atoms with Crippen molar-refractivity contribution in [3.63, 3.8) is 0 Å². The number of pyridine rings is 1. The first-order valence-corrected chi connectivity index (χ1v) is 11.1. The number of rotatable bonds is 7. The number of carbonyl (C=O) groups is 1. The average molecular weight is 436 g/mol. The minimum Gasteiger partial charge on any atom is -0.347 e. The minimum atomic E-state index is -3.71. The number of nitrogens with zero attached hydrogens (tertiary/aromatic N) is 5.